The standard InChI is InChI=1S/C18H18N2OS2/c21-18(7-5-13-3-1-2-4-16(13)18)12-19-9-15-11-23-17(20-15)14-6-8-22-10-14/h1-4,6,8,10-11,19,21H,5,7,9,12H2. The Kier molecular flexibility index (Phi) is 4.03. The third-order valence-electron chi connectivity index (χ3n) is 4.37. The van der Waals surface area contributed by atoms with Gasteiger partial charge in [0.25, 0.3) is 0 Å². The van der Waals surface area contributed by atoms with E-state index in [1.54, 1.807) is 22.7 Å². The van der Waals surface area contributed by atoms with Gasteiger partial charge in [-0.15, -0.1) is 11.3 Å². The molecule has 0 aliphatic heterocycles. The SMILES string of the molecule is OC1(CNCc2csc(-c3ccsc3)n2)CCc2ccccc21. The Bertz CT molecular complexity index is 797. The summed E-state index contributed by atoms with van der Waals surface area (Å²) in [7, 11) is 0. The fourth-order valence-corrected chi connectivity index (χ4v) is 4.69. The predicted octanol–water partition coefficient (Wildman–Crippen LogP) is 3.80. The number of thiazole rings is 1. The zero-order valence-corrected chi connectivity index (χ0v) is 14.3. The second-order valence-corrected chi connectivity index (χ2v) is 7.59. The van der Waals surface area contributed by atoms with E-state index >= 15 is 0 Å². The van der Waals surface area contributed by atoms with Crippen LogP contribution in [0.25, 0.3) is 10.6 Å². The smallest absolute Gasteiger partial charge is 0.124 e. The lowest BCUT2D eigenvalue weighted by Crippen LogP contribution is -2.36. The summed E-state index contributed by atoms with van der Waals surface area (Å²) in [6.45, 7) is 1.25. The fourth-order valence-electron chi connectivity index (χ4n) is 3.16. The first-order valence-corrected chi connectivity index (χ1v) is 9.55. The second-order valence-electron chi connectivity index (χ2n) is 5.95. The van der Waals surface area contributed by atoms with Gasteiger partial charge in [0.05, 0.1) is 5.69 Å². The fraction of sp³-hybridized carbons (Fsp3) is 0.278. The van der Waals surface area contributed by atoms with Crippen molar-refractivity contribution in [1.82, 2.24) is 10.3 Å². The third kappa shape index (κ3) is 2.97. The van der Waals surface area contributed by atoms with Gasteiger partial charge >= 0.3 is 0 Å². The van der Waals surface area contributed by atoms with Gasteiger partial charge in [-0.2, -0.15) is 11.3 Å². The lowest BCUT2D eigenvalue weighted by Gasteiger charge is -2.24. The highest BCUT2D eigenvalue weighted by atomic mass is 32.1. The van der Waals surface area contributed by atoms with Gasteiger partial charge in [-0.25, -0.2) is 4.98 Å². The van der Waals surface area contributed by atoms with E-state index in [1.165, 1.54) is 11.1 Å². The van der Waals surface area contributed by atoms with Gasteiger partial charge in [-0.3, -0.25) is 0 Å². The normalized spacial score (nSPS) is 19.9. The molecule has 1 aliphatic carbocycles. The van der Waals surface area contributed by atoms with Crippen LogP contribution in [0.2, 0.25) is 0 Å². The topological polar surface area (TPSA) is 45.1 Å². The average molecular weight is 342 g/mol. The second kappa shape index (κ2) is 6.17. The maximum atomic E-state index is 10.9. The summed E-state index contributed by atoms with van der Waals surface area (Å²) in [5.74, 6) is 0. The van der Waals surface area contributed by atoms with Gasteiger partial charge in [0.2, 0.25) is 0 Å². The number of aryl methyl sites for hydroxylation is 1. The van der Waals surface area contributed by atoms with Crippen molar-refractivity contribution in [2.24, 2.45) is 0 Å². The Hall–Kier alpha value is -1.53. The number of benzene rings is 1. The molecule has 118 valence electrons. The van der Waals surface area contributed by atoms with E-state index in [1.807, 2.05) is 18.2 Å². The van der Waals surface area contributed by atoms with Crippen LogP contribution in [0.5, 0.6) is 0 Å². The summed E-state index contributed by atoms with van der Waals surface area (Å²) in [5.41, 5.74) is 3.82. The number of hydrogen-bond donors (Lipinski definition) is 2. The molecule has 0 amide bonds. The van der Waals surface area contributed by atoms with Gasteiger partial charge in [-0.1, -0.05) is 24.3 Å². The van der Waals surface area contributed by atoms with Crippen molar-refractivity contribution in [3.05, 3.63) is 63.3 Å². The van der Waals surface area contributed by atoms with Crippen LogP contribution in [0.15, 0.2) is 46.5 Å². The summed E-state index contributed by atoms with van der Waals surface area (Å²) >= 11 is 3.36. The van der Waals surface area contributed by atoms with Crippen LogP contribution in [0.3, 0.4) is 0 Å². The van der Waals surface area contributed by atoms with Crippen molar-refractivity contribution in [1.29, 1.82) is 0 Å². The van der Waals surface area contributed by atoms with Crippen LogP contribution in [-0.4, -0.2) is 16.6 Å². The van der Waals surface area contributed by atoms with Crippen LogP contribution in [0, 0.1) is 0 Å². The molecule has 1 atom stereocenters. The Morgan fingerprint density at radius 2 is 2.13 bits per heavy atom. The van der Waals surface area contributed by atoms with Crippen LogP contribution in [0.1, 0.15) is 23.2 Å². The number of aliphatic hydroxyl groups is 1. The van der Waals surface area contributed by atoms with Crippen LogP contribution < -0.4 is 5.32 Å². The molecule has 0 saturated carbocycles. The molecule has 0 radical (unpaired) electrons. The van der Waals surface area contributed by atoms with Gasteiger partial charge in [0, 0.05) is 29.4 Å². The molecule has 2 N–H and O–H groups in total. The maximum Gasteiger partial charge on any atom is 0.124 e. The summed E-state index contributed by atoms with van der Waals surface area (Å²) in [4.78, 5) is 4.66. The number of hydrogen-bond acceptors (Lipinski definition) is 5. The van der Waals surface area contributed by atoms with E-state index in [4.69, 9.17) is 0 Å². The third-order valence-corrected chi connectivity index (χ3v) is 5.99. The summed E-state index contributed by atoms with van der Waals surface area (Å²) < 4.78 is 0. The highest BCUT2D eigenvalue weighted by Crippen LogP contribution is 2.36. The number of nitrogens with zero attached hydrogens (tertiary/aromatic N) is 1. The van der Waals surface area contributed by atoms with Crippen LogP contribution in [-0.2, 0) is 18.6 Å². The predicted molar refractivity (Wildman–Crippen MR) is 95.8 cm³/mol. The molecule has 0 fully saturated rings. The van der Waals surface area contributed by atoms with Crippen molar-refractivity contribution in [3.63, 3.8) is 0 Å². The molecule has 4 rings (SSSR count). The molecule has 3 aromatic rings. The monoisotopic (exact) mass is 342 g/mol. The average Bonchev–Trinajstić information content (AvgIpc) is 3.29. The summed E-state index contributed by atoms with van der Waals surface area (Å²) in [6.07, 6.45) is 1.74. The van der Waals surface area contributed by atoms with Crippen LogP contribution in [0.4, 0.5) is 0 Å². The molecule has 0 bridgehead atoms. The Morgan fingerprint density at radius 3 is 3.00 bits per heavy atom. The molecular formula is C18H18N2OS2. The minimum atomic E-state index is -0.747. The summed E-state index contributed by atoms with van der Waals surface area (Å²) in [6, 6.07) is 10.3. The molecule has 2 heterocycles. The zero-order valence-electron chi connectivity index (χ0n) is 12.7. The molecule has 1 aliphatic rings. The van der Waals surface area contributed by atoms with E-state index in [2.05, 4.69) is 38.6 Å². The van der Waals surface area contributed by atoms with E-state index in [-0.39, 0.29) is 0 Å². The highest BCUT2D eigenvalue weighted by Gasteiger charge is 2.35. The quantitative estimate of drug-likeness (QED) is 0.741. The lowest BCUT2D eigenvalue weighted by molar-refractivity contribution is 0.0384. The minimum Gasteiger partial charge on any atom is -0.384 e. The van der Waals surface area contributed by atoms with E-state index in [0.29, 0.717) is 13.1 Å². The number of nitrogens with one attached hydrogen (secondary N) is 1. The van der Waals surface area contributed by atoms with E-state index in [0.717, 1.165) is 29.1 Å². The Balaban J connectivity index is 1.39. The zero-order chi connectivity index (χ0) is 15.7. The van der Waals surface area contributed by atoms with Crippen molar-refractivity contribution in [3.8, 4) is 10.6 Å². The number of rotatable bonds is 5. The first kappa shape index (κ1) is 15.0. The maximum absolute atomic E-state index is 10.9. The number of thiophene rings is 1. The van der Waals surface area contributed by atoms with Gasteiger partial charge in [0.1, 0.15) is 10.6 Å². The largest absolute Gasteiger partial charge is 0.384 e. The highest BCUT2D eigenvalue weighted by molar-refractivity contribution is 7.14. The number of fused-ring (bicyclic) bond motifs is 1. The first-order valence-electron chi connectivity index (χ1n) is 7.73. The minimum absolute atomic E-state index is 0.565. The van der Waals surface area contributed by atoms with Crippen molar-refractivity contribution >= 4 is 22.7 Å². The molecule has 3 nitrogen and oxygen atoms in total. The molecule has 0 spiro atoms. The van der Waals surface area contributed by atoms with Crippen LogP contribution >= 0.6 is 22.7 Å². The van der Waals surface area contributed by atoms with Crippen molar-refractivity contribution in [2.75, 3.05) is 6.54 Å². The number of aromatic nitrogens is 1. The molecule has 0 saturated heterocycles. The molecule has 23 heavy (non-hydrogen) atoms. The molecular weight excluding hydrogens is 324 g/mol. The Labute approximate surface area is 143 Å². The first-order chi connectivity index (χ1) is 11.2. The van der Waals surface area contributed by atoms with Crippen molar-refractivity contribution in [2.45, 2.75) is 25.0 Å². The Morgan fingerprint density at radius 1 is 1.22 bits per heavy atom. The van der Waals surface area contributed by atoms with E-state index < -0.39 is 5.60 Å². The van der Waals surface area contributed by atoms with E-state index in [9.17, 15) is 5.11 Å². The van der Waals surface area contributed by atoms with Gasteiger partial charge in [-0.05, 0) is 35.4 Å². The summed E-state index contributed by atoms with van der Waals surface area (Å²) in [5, 5.41) is 21.6. The lowest BCUT2D eigenvalue weighted by atomic mass is 9.96. The molecule has 1 unspecified atom stereocenters. The van der Waals surface area contributed by atoms with Gasteiger partial charge in [0.15, 0.2) is 0 Å². The van der Waals surface area contributed by atoms with Gasteiger partial charge < -0.3 is 10.4 Å². The van der Waals surface area contributed by atoms with Crippen molar-refractivity contribution < 1.29 is 5.11 Å². The molecule has 2 aromatic heterocycles. The molecule has 1 aromatic carbocycles. The molecule has 5 heteroatoms.